The van der Waals surface area contributed by atoms with Crippen molar-refractivity contribution in [3.8, 4) is 0 Å². The van der Waals surface area contributed by atoms with Crippen LogP contribution in [0.1, 0.15) is 0 Å². The zero-order valence-corrected chi connectivity index (χ0v) is 11.9. The van der Waals surface area contributed by atoms with Gasteiger partial charge in [-0.1, -0.05) is 46.4 Å². The maximum atomic E-state index is 11.7. The van der Waals surface area contributed by atoms with Gasteiger partial charge in [-0.15, -0.1) is 4.40 Å². The molecule has 0 amide bonds. The van der Waals surface area contributed by atoms with Crippen LogP contribution in [0, 0.1) is 0 Å². The molecule has 0 atom stereocenters. The van der Waals surface area contributed by atoms with Crippen LogP contribution in [-0.4, -0.2) is 18.0 Å². The summed E-state index contributed by atoms with van der Waals surface area (Å²) in [5.41, 5.74) is 5.25. The average molecular weight is 336 g/mol. The third-order valence-corrected chi connectivity index (χ3v) is 3.76. The van der Waals surface area contributed by atoms with Crippen molar-refractivity contribution >= 4 is 62.3 Å². The van der Waals surface area contributed by atoms with Gasteiger partial charge in [0, 0.05) is 5.02 Å². The van der Waals surface area contributed by atoms with Gasteiger partial charge in [0.05, 0.1) is 4.90 Å². The molecule has 0 saturated heterocycles. The van der Waals surface area contributed by atoms with Gasteiger partial charge >= 0.3 is 0 Å². The Morgan fingerprint density at radius 2 is 1.65 bits per heavy atom. The molecule has 1 rings (SSSR count). The molecule has 0 aliphatic rings. The largest absolute Gasteiger partial charge is 0.383 e. The number of hydrogen-bond donors (Lipinski definition) is 1. The van der Waals surface area contributed by atoms with Gasteiger partial charge in [-0.05, 0) is 24.3 Å². The second-order valence-corrected chi connectivity index (χ2v) is 7.23. The topological polar surface area (TPSA) is 72.5 Å². The first kappa shape index (κ1) is 14.9. The molecule has 0 spiro atoms. The number of amidine groups is 1. The predicted octanol–water partition coefficient (Wildman–Crippen LogP) is 2.76. The highest BCUT2D eigenvalue weighted by molar-refractivity contribution is 7.90. The number of sulfonamides is 1. The molecule has 94 valence electrons. The summed E-state index contributed by atoms with van der Waals surface area (Å²) in [5.74, 6) is -0.627. The Bertz CT molecular complexity index is 534. The van der Waals surface area contributed by atoms with Gasteiger partial charge in [-0.2, -0.15) is 8.42 Å². The van der Waals surface area contributed by atoms with Gasteiger partial charge in [0.25, 0.3) is 10.0 Å². The van der Waals surface area contributed by atoms with E-state index < -0.39 is 19.7 Å². The Balaban J connectivity index is 3.18. The smallest absolute Gasteiger partial charge is 0.284 e. The van der Waals surface area contributed by atoms with E-state index in [0.717, 1.165) is 0 Å². The SMILES string of the molecule is NC(=NS(=O)(=O)c1ccc(Cl)cc1)C(Cl)(Cl)Cl. The first-order chi connectivity index (χ1) is 7.63. The lowest BCUT2D eigenvalue weighted by Gasteiger charge is -2.09. The summed E-state index contributed by atoms with van der Waals surface area (Å²) in [6, 6.07) is 5.34. The van der Waals surface area contributed by atoms with Crippen LogP contribution in [0.25, 0.3) is 0 Å². The fraction of sp³-hybridized carbons (Fsp3) is 0.125. The molecule has 17 heavy (non-hydrogen) atoms. The van der Waals surface area contributed by atoms with Crippen LogP contribution in [0.2, 0.25) is 5.02 Å². The van der Waals surface area contributed by atoms with Crippen molar-refractivity contribution in [2.24, 2.45) is 10.1 Å². The predicted molar refractivity (Wildman–Crippen MR) is 70.6 cm³/mol. The van der Waals surface area contributed by atoms with E-state index in [0.29, 0.717) is 5.02 Å². The molecule has 1 aromatic rings. The van der Waals surface area contributed by atoms with Crippen LogP contribution in [0.15, 0.2) is 33.6 Å². The van der Waals surface area contributed by atoms with E-state index in [9.17, 15) is 8.42 Å². The lowest BCUT2D eigenvalue weighted by molar-refractivity contribution is 0.598. The number of alkyl halides is 3. The first-order valence-electron chi connectivity index (χ1n) is 4.06. The molecular formula is C8H6Cl4N2O2S. The van der Waals surface area contributed by atoms with E-state index in [1.54, 1.807) is 0 Å². The molecular weight excluding hydrogens is 330 g/mol. The molecule has 2 N–H and O–H groups in total. The second-order valence-electron chi connectivity index (χ2n) is 2.90. The van der Waals surface area contributed by atoms with Gasteiger partial charge in [0.1, 0.15) is 0 Å². The Kier molecular flexibility index (Phi) is 4.54. The summed E-state index contributed by atoms with van der Waals surface area (Å²) in [6.45, 7) is 0. The standard InChI is InChI=1S/C8H6Cl4N2O2S/c9-5-1-3-6(4-2-5)17(15,16)14-7(13)8(10,11)12/h1-4H,(H2,13,14). The molecule has 0 radical (unpaired) electrons. The van der Waals surface area contributed by atoms with E-state index in [4.69, 9.17) is 52.1 Å². The van der Waals surface area contributed by atoms with Crippen LogP contribution in [0.5, 0.6) is 0 Å². The monoisotopic (exact) mass is 334 g/mol. The summed E-state index contributed by atoms with van der Waals surface area (Å²) in [6.07, 6.45) is 0. The summed E-state index contributed by atoms with van der Waals surface area (Å²) in [5, 5.41) is 0.391. The van der Waals surface area contributed by atoms with Crippen molar-refractivity contribution in [2.75, 3.05) is 0 Å². The highest BCUT2D eigenvalue weighted by atomic mass is 35.6. The maximum Gasteiger partial charge on any atom is 0.284 e. The molecule has 0 saturated carbocycles. The molecule has 0 unspecified atom stereocenters. The van der Waals surface area contributed by atoms with Crippen LogP contribution in [0.3, 0.4) is 0 Å². The van der Waals surface area contributed by atoms with E-state index in [-0.39, 0.29) is 4.90 Å². The number of rotatable bonds is 2. The van der Waals surface area contributed by atoms with Crippen molar-refractivity contribution in [2.45, 2.75) is 8.69 Å². The molecule has 1 aromatic carbocycles. The first-order valence-corrected chi connectivity index (χ1v) is 7.01. The van der Waals surface area contributed by atoms with Crippen LogP contribution in [0.4, 0.5) is 0 Å². The van der Waals surface area contributed by atoms with E-state index >= 15 is 0 Å². The van der Waals surface area contributed by atoms with Crippen molar-refractivity contribution in [3.63, 3.8) is 0 Å². The van der Waals surface area contributed by atoms with Gasteiger partial charge < -0.3 is 5.73 Å². The summed E-state index contributed by atoms with van der Waals surface area (Å²) < 4.78 is 24.6. The molecule has 0 aromatic heterocycles. The molecule has 9 heteroatoms. The normalized spacial score (nSPS) is 13.8. The number of nitrogens with two attached hydrogens (primary N) is 1. The number of halogens is 4. The molecule has 4 nitrogen and oxygen atoms in total. The van der Waals surface area contributed by atoms with Gasteiger partial charge in [-0.3, -0.25) is 0 Å². The van der Waals surface area contributed by atoms with Crippen LogP contribution >= 0.6 is 46.4 Å². The maximum absolute atomic E-state index is 11.7. The Hall–Kier alpha value is -0.200. The van der Waals surface area contributed by atoms with Crippen molar-refractivity contribution in [1.29, 1.82) is 0 Å². The zero-order chi connectivity index (χ0) is 13.3. The summed E-state index contributed by atoms with van der Waals surface area (Å²) in [7, 11) is -4.01. The average Bonchev–Trinajstić information content (AvgIpc) is 2.16. The van der Waals surface area contributed by atoms with Gasteiger partial charge in [0.15, 0.2) is 5.84 Å². The molecule has 0 heterocycles. The minimum absolute atomic E-state index is 0.0981. The van der Waals surface area contributed by atoms with Crippen molar-refractivity contribution in [1.82, 2.24) is 0 Å². The fourth-order valence-corrected chi connectivity index (χ4v) is 2.22. The molecule has 0 aliphatic heterocycles. The third-order valence-electron chi connectivity index (χ3n) is 1.62. The Morgan fingerprint density at radius 3 is 2.06 bits per heavy atom. The van der Waals surface area contributed by atoms with Crippen molar-refractivity contribution in [3.05, 3.63) is 29.3 Å². The molecule has 0 fully saturated rings. The molecule has 0 bridgehead atoms. The van der Waals surface area contributed by atoms with E-state index in [2.05, 4.69) is 4.40 Å². The van der Waals surface area contributed by atoms with Crippen molar-refractivity contribution < 1.29 is 8.42 Å². The van der Waals surface area contributed by atoms with Gasteiger partial charge in [-0.25, -0.2) is 0 Å². The Morgan fingerprint density at radius 1 is 1.18 bits per heavy atom. The quantitative estimate of drug-likeness (QED) is 0.513. The van der Waals surface area contributed by atoms with E-state index in [1.807, 2.05) is 0 Å². The fourth-order valence-electron chi connectivity index (χ4n) is 0.841. The third kappa shape index (κ3) is 4.19. The lowest BCUT2D eigenvalue weighted by atomic mass is 10.4. The number of nitrogens with zero attached hydrogens (tertiary/aromatic N) is 1. The second kappa shape index (κ2) is 5.20. The van der Waals surface area contributed by atoms with E-state index in [1.165, 1.54) is 24.3 Å². The highest BCUT2D eigenvalue weighted by Crippen LogP contribution is 2.27. The summed E-state index contributed by atoms with van der Waals surface area (Å²) >= 11 is 21.8. The highest BCUT2D eigenvalue weighted by Gasteiger charge is 2.28. The summed E-state index contributed by atoms with van der Waals surface area (Å²) in [4.78, 5) is -0.0981. The molecule has 0 aliphatic carbocycles. The Labute approximate surface area is 118 Å². The zero-order valence-electron chi connectivity index (χ0n) is 8.07. The van der Waals surface area contributed by atoms with Gasteiger partial charge in [0.2, 0.25) is 3.79 Å². The lowest BCUT2D eigenvalue weighted by Crippen LogP contribution is -2.29. The minimum atomic E-state index is -4.01. The van der Waals surface area contributed by atoms with Crippen LogP contribution in [-0.2, 0) is 10.0 Å². The van der Waals surface area contributed by atoms with Crippen LogP contribution < -0.4 is 5.73 Å². The minimum Gasteiger partial charge on any atom is -0.383 e. The number of hydrogen-bond acceptors (Lipinski definition) is 2. The number of benzene rings is 1.